The third-order valence-corrected chi connectivity index (χ3v) is 4.79. The summed E-state index contributed by atoms with van der Waals surface area (Å²) in [5.74, 6) is 0.164. The van der Waals surface area contributed by atoms with Gasteiger partial charge in [-0.15, -0.1) is 0 Å². The molecule has 2 aliphatic rings. The molecule has 130 valence electrons. The molecule has 1 aromatic carbocycles. The van der Waals surface area contributed by atoms with E-state index < -0.39 is 5.82 Å². The van der Waals surface area contributed by atoms with Crippen LogP contribution >= 0.6 is 0 Å². The summed E-state index contributed by atoms with van der Waals surface area (Å²) in [4.78, 5) is 18.4. The van der Waals surface area contributed by atoms with E-state index in [1.807, 2.05) is 12.1 Å². The summed E-state index contributed by atoms with van der Waals surface area (Å²) >= 11 is 0. The van der Waals surface area contributed by atoms with E-state index >= 15 is 0 Å². The van der Waals surface area contributed by atoms with Crippen LogP contribution in [0.3, 0.4) is 0 Å². The van der Waals surface area contributed by atoms with Crippen molar-refractivity contribution in [1.82, 2.24) is 9.88 Å². The number of benzene rings is 1. The predicted octanol–water partition coefficient (Wildman–Crippen LogP) is 2.67. The topological polar surface area (TPSA) is 51.7 Å². The SMILES string of the molecule is O=C(c1cccc(F)c1)N1CCC2(CC(Oc3cccnc3)CO2)C1. The molecule has 0 radical (unpaired) electrons. The van der Waals surface area contributed by atoms with Gasteiger partial charge in [0.15, 0.2) is 0 Å². The van der Waals surface area contributed by atoms with E-state index in [-0.39, 0.29) is 17.6 Å². The van der Waals surface area contributed by atoms with E-state index in [0.717, 1.165) is 18.6 Å². The van der Waals surface area contributed by atoms with Gasteiger partial charge in [0.2, 0.25) is 0 Å². The van der Waals surface area contributed by atoms with Gasteiger partial charge >= 0.3 is 0 Å². The lowest BCUT2D eigenvalue weighted by molar-refractivity contribution is 0.00994. The fraction of sp³-hybridized carbons (Fsp3) is 0.368. The maximum atomic E-state index is 13.4. The molecule has 0 aliphatic carbocycles. The Hall–Kier alpha value is -2.47. The number of rotatable bonds is 3. The van der Waals surface area contributed by atoms with Crippen LogP contribution in [0.4, 0.5) is 4.39 Å². The summed E-state index contributed by atoms with van der Waals surface area (Å²) in [5, 5.41) is 0. The molecule has 5 nitrogen and oxygen atoms in total. The molecule has 3 heterocycles. The maximum Gasteiger partial charge on any atom is 0.254 e. The predicted molar refractivity (Wildman–Crippen MR) is 88.9 cm³/mol. The highest BCUT2D eigenvalue weighted by Gasteiger charge is 2.47. The van der Waals surface area contributed by atoms with Crippen LogP contribution in [0.2, 0.25) is 0 Å². The summed E-state index contributed by atoms with van der Waals surface area (Å²) in [6.45, 7) is 1.61. The quantitative estimate of drug-likeness (QED) is 0.861. The molecule has 2 aromatic rings. The molecule has 1 amide bonds. The largest absolute Gasteiger partial charge is 0.486 e. The summed E-state index contributed by atoms with van der Waals surface area (Å²) in [5.41, 5.74) is 0.00812. The zero-order chi connectivity index (χ0) is 17.3. The average molecular weight is 342 g/mol. The lowest BCUT2D eigenvalue weighted by Gasteiger charge is -2.23. The summed E-state index contributed by atoms with van der Waals surface area (Å²) in [7, 11) is 0. The van der Waals surface area contributed by atoms with Gasteiger partial charge in [0.05, 0.1) is 24.9 Å². The van der Waals surface area contributed by atoms with Crippen LogP contribution in [0, 0.1) is 5.82 Å². The van der Waals surface area contributed by atoms with Gasteiger partial charge < -0.3 is 14.4 Å². The third kappa shape index (κ3) is 3.35. The normalized spacial score (nSPS) is 25.5. The first-order chi connectivity index (χ1) is 12.1. The molecule has 6 heteroatoms. The second-order valence-corrected chi connectivity index (χ2v) is 6.61. The lowest BCUT2D eigenvalue weighted by atomic mass is 9.98. The van der Waals surface area contributed by atoms with Gasteiger partial charge in [-0.05, 0) is 36.8 Å². The first-order valence-electron chi connectivity index (χ1n) is 8.39. The molecule has 2 atom stereocenters. The Bertz CT molecular complexity index is 770. The van der Waals surface area contributed by atoms with Crippen LogP contribution in [0.5, 0.6) is 5.75 Å². The molecule has 0 bridgehead atoms. The Labute approximate surface area is 145 Å². The van der Waals surface area contributed by atoms with Crippen molar-refractivity contribution in [3.05, 3.63) is 60.2 Å². The number of halogens is 1. The summed E-state index contributed by atoms with van der Waals surface area (Å²) in [6, 6.07) is 9.50. The van der Waals surface area contributed by atoms with Crippen molar-refractivity contribution in [3.63, 3.8) is 0 Å². The molecular formula is C19H19FN2O3. The Morgan fingerprint density at radius 2 is 2.28 bits per heavy atom. The highest BCUT2D eigenvalue weighted by Crippen LogP contribution is 2.37. The minimum atomic E-state index is -0.401. The smallest absolute Gasteiger partial charge is 0.254 e. The van der Waals surface area contributed by atoms with Crippen molar-refractivity contribution < 1.29 is 18.7 Å². The van der Waals surface area contributed by atoms with Crippen molar-refractivity contribution in [2.45, 2.75) is 24.5 Å². The fourth-order valence-corrected chi connectivity index (χ4v) is 3.59. The number of amides is 1. The van der Waals surface area contributed by atoms with Crippen LogP contribution in [0.15, 0.2) is 48.8 Å². The van der Waals surface area contributed by atoms with Gasteiger partial charge in [0, 0.05) is 24.7 Å². The number of hydrogen-bond acceptors (Lipinski definition) is 4. The molecule has 2 saturated heterocycles. The molecule has 2 fully saturated rings. The number of carbonyl (C=O) groups excluding carboxylic acids is 1. The number of pyridine rings is 1. The number of hydrogen-bond donors (Lipinski definition) is 0. The van der Waals surface area contributed by atoms with Crippen LogP contribution in [0.25, 0.3) is 0 Å². The molecule has 4 rings (SSSR count). The standard InChI is InChI=1S/C19H19FN2O3/c20-15-4-1-3-14(9-15)18(23)22-8-6-19(13-22)10-17(12-24-19)25-16-5-2-7-21-11-16/h1-5,7,9,11,17H,6,8,10,12-13H2. The van der Waals surface area contributed by atoms with Crippen molar-refractivity contribution in [1.29, 1.82) is 0 Å². The van der Waals surface area contributed by atoms with Gasteiger partial charge in [0.25, 0.3) is 5.91 Å². The lowest BCUT2D eigenvalue weighted by Crippen LogP contribution is -2.36. The van der Waals surface area contributed by atoms with Gasteiger partial charge in [-0.25, -0.2) is 4.39 Å². The molecule has 1 aromatic heterocycles. The highest BCUT2D eigenvalue weighted by molar-refractivity contribution is 5.94. The van der Waals surface area contributed by atoms with Crippen molar-refractivity contribution in [2.24, 2.45) is 0 Å². The Kier molecular flexibility index (Phi) is 4.13. The van der Waals surface area contributed by atoms with Crippen molar-refractivity contribution in [3.8, 4) is 5.75 Å². The number of likely N-dealkylation sites (tertiary alicyclic amines) is 1. The van der Waals surface area contributed by atoms with Crippen LogP contribution < -0.4 is 4.74 Å². The average Bonchev–Trinajstić information content (AvgIpc) is 3.22. The molecule has 25 heavy (non-hydrogen) atoms. The van der Waals surface area contributed by atoms with Gasteiger partial charge in [0.1, 0.15) is 17.7 Å². The number of ether oxygens (including phenoxy) is 2. The van der Waals surface area contributed by atoms with E-state index in [4.69, 9.17) is 9.47 Å². The Morgan fingerprint density at radius 3 is 3.08 bits per heavy atom. The van der Waals surface area contributed by atoms with Crippen LogP contribution in [-0.4, -0.2) is 47.2 Å². The summed E-state index contributed by atoms with van der Waals surface area (Å²) < 4.78 is 25.3. The second kappa shape index (κ2) is 6.44. The van der Waals surface area contributed by atoms with Gasteiger partial charge in [-0.3, -0.25) is 9.78 Å². The van der Waals surface area contributed by atoms with Gasteiger partial charge in [-0.1, -0.05) is 6.07 Å². The molecule has 0 saturated carbocycles. The zero-order valence-corrected chi connectivity index (χ0v) is 13.7. The second-order valence-electron chi connectivity index (χ2n) is 6.61. The highest BCUT2D eigenvalue weighted by atomic mass is 19.1. The Morgan fingerprint density at radius 1 is 1.36 bits per heavy atom. The first-order valence-corrected chi connectivity index (χ1v) is 8.39. The maximum absolute atomic E-state index is 13.4. The monoisotopic (exact) mass is 342 g/mol. The van der Waals surface area contributed by atoms with E-state index in [2.05, 4.69) is 4.98 Å². The van der Waals surface area contributed by atoms with E-state index in [0.29, 0.717) is 25.3 Å². The minimum Gasteiger partial charge on any atom is -0.486 e. The van der Waals surface area contributed by atoms with E-state index in [1.165, 1.54) is 12.1 Å². The molecule has 0 N–H and O–H groups in total. The van der Waals surface area contributed by atoms with Crippen molar-refractivity contribution >= 4 is 5.91 Å². The first kappa shape index (κ1) is 16.0. The van der Waals surface area contributed by atoms with Gasteiger partial charge in [-0.2, -0.15) is 0 Å². The van der Waals surface area contributed by atoms with Crippen molar-refractivity contribution in [2.75, 3.05) is 19.7 Å². The zero-order valence-electron chi connectivity index (χ0n) is 13.7. The molecular weight excluding hydrogens is 323 g/mol. The number of aromatic nitrogens is 1. The van der Waals surface area contributed by atoms with Crippen LogP contribution in [0.1, 0.15) is 23.2 Å². The minimum absolute atomic E-state index is 0.0478. The number of nitrogens with zero attached hydrogens (tertiary/aromatic N) is 2. The number of carbonyl (C=O) groups is 1. The van der Waals surface area contributed by atoms with Crippen LogP contribution in [-0.2, 0) is 4.74 Å². The Balaban J connectivity index is 1.39. The fourth-order valence-electron chi connectivity index (χ4n) is 3.59. The van der Waals surface area contributed by atoms with E-state index in [9.17, 15) is 9.18 Å². The molecule has 2 aliphatic heterocycles. The summed E-state index contributed by atoms with van der Waals surface area (Å²) in [6.07, 6.45) is 4.83. The third-order valence-electron chi connectivity index (χ3n) is 4.79. The molecule has 2 unspecified atom stereocenters. The van der Waals surface area contributed by atoms with E-state index in [1.54, 1.807) is 29.4 Å². The molecule has 1 spiro atoms.